The van der Waals surface area contributed by atoms with Crippen molar-refractivity contribution in [2.75, 3.05) is 6.54 Å². The molecule has 3 rings (SSSR count). The molecule has 0 radical (unpaired) electrons. The lowest BCUT2D eigenvalue weighted by molar-refractivity contribution is -0.141. The molecule has 6 nitrogen and oxygen atoms in total. The van der Waals surface area contributed by atoms with Gasteiger partial charge in [-0.15, -0.1) is 0 Å². The van der Waals surface area contributed by atoms with Crippen LogP contribution in [-0.4, -0.2) is 40.4 Å². The van der Waals surface area contributed by atoms with E-state index in [-0.39, 0.29) is 36.1 Å². The predicted octanol–water partition coefficient (Wildman–Crippen LogP) is 1.40. The number of hydrogen-bond acceptors (Lipinski definition) is 3. The number of hydrogen-bond donors (Lipinski definition) is 2. The zero-order valence-corrected chi connectivity index (χ0v) is 13.5. The van der Waals surface area contributed by atoms with E-state index in [1.54, 1.807) is 4.90 Å². The quantitative estimate of drug-likeness (QED) is 0.854. The third-order valence-corrected chi connectivity index (χ3v) is 4.93. The van der Waals surface area contributed by atoms with Crippen LogP contribution in [0.2, 0.25) is 0 Å². The van der Waals surface area contributed by atoms with Gasteiger partial charge < -0.3 is 15.3 Å². The standard InChI is InChI=1S/C18H22N2O4/c21-16-9-14(11-20(16)10-12-4-2-1-3-5-12)17(22)19-15-7-6-13(8-15)18(23)24/h1-5,13-15H,6-11H2,(H,19,22)(H,23,24)/t13-,14?,15+/m1/s1. The van der Waals surface area contributed by atoms with E-state index in [1.807, 2.05) is 30.3 Å². The Morgan fingerprint density at radius 2 is 1.92 bits per heavy atom. The maximum absolute atomic E-state index is 12.4. The average Bonchev–Trinajstić information content (AvgIpc) is 3.16. The summed E-state index contributed by atoms with van der Waals surface area (Å²) >= 11 is 0. The van der Waals surface area contributed by atoms with Gasteiger partial charge in [-0.1, -0.05) is 30.3 Å². The Hall–Kier alpha value is -2.37. The van der Waals surface area contributed by atoms with Gasteiger partial charge in [-0.2, -0.15) is 0 Å². The molecule has 0 spiro atoms. The van der Waals surface area contributed by atoms with Gasteiger partial charge in [0.05, 0.1) is 11.8 Å². The van der Waals surface area contributed by atoms with Crippen LogP contribution in [0.15, 0.2) is 30.3 Å². The number of nitrogens with one attached hydrogen (secondary N) is 1. The van der Waals surface area contributed by atoms with E-state index < -0.39 is 5.97 Å². The maximum atomic E-state index is 12.4. The third-order valence-electron chi connectivity index (χ3n) is 4.93. The molecule has 1 aliphatic heterocycles. The van der Waals surface area contributed by atoms with Gasteiger partial charge in [-0.05, 0) is 24.8 Å². The topological polar surface area (TPSA) is 86.7 Å². The fraction of sp³-hybridized carbons (Fsp3) is 0.500. The van der Waals surface area contributed by atoms with Crippen molar-refractivity contribution in [1.82, 2.24) is 10.2 Å². The van der Waals surface area contributed by atoms with Crippen LogP contribution in [0.5, 0.6) is 0 Å². The van der Waals surface area contributed by atoms with Crippen molar-refractivity contribution in [3.05, 3.63) is 35.9 Å². The summed E-state index contributed by atoms with van der Waals surface area (Å²) in [4.78, 5) is 37.2. The van der Waals surface area contributed by atoms with E-state index in [4.69, 9.17) is 5.11 Å². The zero-order valence-electron chi connectivity index (χ0n) is 13.5. The Bertz CT molecular complexity index is 631. The molecule has 24 heavy (non-hydrogen) atoms. The smallest absolute Gasteiger partial charge is 0.306 e. The van der Waals surface area contributed by atoms with Crippen LogP contribution >= 0.6 is 0 Å². The Kier molecular flexibility index (Phi) is 4.83. The first-order chi connectivity index (χ1) is 11.5. The number of benzene rings is 1. The first-order valence-electron chi connectivity index (χ1n) is 8.38. The van der Waals surface area contributed by atoms with Crippen LogP contribution in [0, 0.1) is 11.8 Å². The van der Waals surface area contributed by atoms with Gasteiger partial charge in [-0.25, -0.2) is 0 Å². The van der Waals surface area contributed by atoms with Crippen molar-refractivity contribution in [2.24, 2.45) is 11.8 Å². The molecule has 6 heteroatoms. The van der Waals surface area contributed by atoms with Crippen LogP contribution in [0.1, 0.15) is 31.2 Å². The van der Waals surface area contributed by atoms with Crippen molar-refractivity contribution in [3.63, 3.8) is 0 Å². The largest absolute Gasteiger partial charge is 0.481 e. The van der Waals surface area contributed by atoms with Gasteiger partial charge in [0.15, 0.2) is 0 Å². The average molecular weight is 330 g/mol. The number of carbonyl (C=O) groups is 3. The monoisotopic (exact) mass is 330 g/mol. The van der Waals surface area contributed by atoms with Crippen molar-refractivity contribution >= 4 is 17.8 Å². The van der Waals surface area contributed by atoms with E-state index in [1.165, 1.54) is 0 Å². The summed E-state index contributed by atoms with van der Waals surface area (Å²) in [6.07, 6.45) is 2.00. The highest BCUT2D eigenvalue weighted by atomic mass is 16.4. The summed E-state index contributed by atoms with van der Waals surface area (Å²) in [5, 5.41) is 12.0. The third kappa shape index (κ3) is 3.75. The van der Waals surface area contributed by atoms with E-state index in [0.29, 0.717) is 32.4 Å². The summed E-state index contributed by atoms with van der Waals surface area (Å²) in [5.74, 6) is -1.64. The summed E-state index contributed by atoms with van der Waals surface area (Å²) in [6, 6.07) is 9.63. The molecule has 1 aromatic rings. The minimum absolute atomic E-state index is 0.00571. The van der Waals surface area contributed by atoms with E-state index in [2.05, 4.69) is 5.32 Å². The Labute approximate surface area is 140 Å². The number of carbonyl (C=O) groups excluding carboxylic acids is 2. The van der Waals surface area contributed by atoms with Crippen molar-refractivity contribution in [1.29, 1.82) is 0 Å². The second-order valence-corrected chi connectivity index (χ2v) is 6.71. The molecule has 1 aliphatic carbocycles. The molecular weight excluding hydrogens is 308 g/mol. The minimum Gasteiger partial charge on any atom is -0.481 e. The fourth-order valence-corrected chi connectivity index (χ4v) is 3.56. The van der Waals surface area contributed by atoms with Crippen molar-refractivity contribution in [3.8, 4) is 0 Å². The Morgan fingerprint density at radius 1 is 1.17 bits per heavy atom. The summed E-state index contributed by atoms with van der Waals surface area (Å²) < 4.78 is 0. The number of carboxylic acid groups (broad SMARTS) is 1. The number of rotatable bonds is 5. The number of aliphatic carboxylic acids is 1. The van der Waals surface area contributed by atoms with E-state index in [0.717, 1.165) is 5.56 Å². The van der Waals surface area contributed by atoms with Crippen LogP contribution in [-0.2, 0) is 20.9 Å². The molecule has 0 aromatic heterocycles. The molecule has 2 fully saturated rings. The molecular formula is C18H22N2O4. The van der Waals surface area contributed by atoms with Crippen LogP contribution < -0.4 is 5.32 Å². The molecule has 0 bridgehead atoms. The maximum Gasteiger partial charge on any atom is 0.306 e. The predicted molar refractivity (Wildman–Crippen MR) is 86.9 cm³/mol. The molecule has 1 unspecified atom stereocenters. The number of nitrogens with zero attached hydrogens (tertiary/aromatic N) is 1. The highest BCUT2D eigenvalue weighted by Gasteiger charge is 2.37. The van der Waals surface area contributed by atoms with Crippen molar-refractivity contribution < 1.29 is 19.5 Å². The molecule has 1 aromatic carbocycles. The second kappa shape index (κ2) is 7.03. The van der Waals surface area contributed by atoms with Gasteiger partial charge in [-0.3, -0.25) is 14.4 Å². The summed E-state index contributed by atoms with van der Waals surface area (Å²) in [7, 11) is 0. The van der Waals surface area contributed by atoms with Crippen LogP contribution in [0.4, 0.5) is 0 Å². The molecule has 2 N–H and O–H groups in total. The first-order valence-corrected chi connectivity index (χ1v) is 8.38. The molecule has 2 amide bonds. The van der Waals surface area contributed by atoms with Crippen LogP contribution in [0.25, 0.3) is 0 Å². The summed E-state index contributed by atoms with van der Waals surface area (Å²) in [5.41, 5.74) is 1.05. The number of carboxylic acids is 1. The molecule has 1 heterocycles. The highest BCUT2D eigenvalue weighted by Crippen LogP contribution is 2.27. The second-order valence-electron chi connectivity index (χ2n) is 6.71. The molecule has 3 atom stereocenters. The SMILES string of the molecule is O=C(N[C@H]1CC[C@@H](C(=O)O)C1)C1CC(=O)N(Cc2ccccc2)C1. The van der Waals surface area contributed by atoms with Gasteiger partial charge in [0.25, 0.3) is 0 Å². The highest BCUT2D eigenvalue weighted by molar-refractivity contribution is 5.89. The molecule has 1 saturated carbocycles. The van der Waals surface area contributed by atoms with Gasteiger partial charge in [0.2, 0.25) is 11.8 Å². The molecule has 1 saturated heterocycles. The lowest BCUT2D eigenvalue weighted by Gasteiger charge is -2.18. The Balaban J connectivity index is 1.52. The van der Waals surface area contributed by atoms with Crippen LogP contribution in [0.3, 0.4) is 0 Å². The van der Waals surface area contributed by atoms with Gasteiger partial charge in [0, 0.05) is 25.6 Å². The van der Waals surface area contributed by atoms with E-state index >= 15 is 0 Å². The molecule has 2 aliphatic rings. The number of amides is 2. The zero-order chi connectivity index (χ0) is 17.1. The lowest BCUT2D eigenvalue weighted by Crippen LogP contribution is -2.38. The fourth-order valence-electron chi connectivity index (χ4n) is 3.56. The minimum atomic E-state index is -0.795. The first kappa shape index (κ1) is 16.5. The number of likely N-dealkylation sites (tertiary alicyclic amines) is 1. The normalized spacial score (nSPS) is 26.6. The van der Waals surface area contributed by atoms with Gasteiger partial charge >= 0.3 is 5.97 Å². The molecule has 128 valence electrons. The van der Waals surface area contributed by atoms with E-state index in [9.17, 15) is 14.4 Å². The van der Waals surface area contributed by atoms with Crippen molar-refractivity contribution in [2.45, 2.75) is 38.3 Å². The lowest BCUT2D eigenvalue weighted by atomic mass is 10.1. The Morgan fingerprint density at radius 3 is 2.58 bits per heavy atom. The summed E-state index contributed by atoms with van der Waals surface area (Å²) in [6.45, 7) is 0.947. The van der Waals surface area contributed by atoms with Gasteiger partial charge in [0.1, 0.15) is 0 Å².